The minimum atomic E-state index is -0.675. The number of alkyl halides is 1. The minimum absolute atomic E-state index is 0.0191. The first-order chi connectivity index (χ1) is 10.7. The maximum Gasteiger partial charge on any atom is 0.158 e. The monoisotopic (exact) mass is 380 g/mol. The van der Waals surface area contributed by atoms with Gasteiger partial charge in [0.2, 0.25) is 0 Å². The van der Waals surface area contributed by atoms with Gasteiger partial charge in [-0.05, 0) is 80.6 Å². The highest BCUT2D eigenvalue weighted by atomic mass is 79.9. The van der Waals surface area contributed by atoms with Crippen molar-refractivity contribution in [2.24, 2.45) is 28.6 Å². The fourth-order valence-corrected chi connectivity index (χ4v) is 7.66. The first-order valence-electron chi connectivity index (χ1n) is 9.35. The molecule has 1 N–H and O–H groups in total. The molecule has 3 heteroatoms. The molecule has 128 valence electrons. The Morgan fingerprint density at radius 2 is 1.74 bits per heavy atom. The molecular formula is C20H29BrO2. The van der Waals surface area contributed by atoms with Gasteiger partial charge in [-0.2, -0.15) is 0 Å². The summed E-state index contributed by atoms with van der Waals surface area (Å²) >= 11 is 3.66. The minimum Gasteiger partial charge on any atom is -0.378 e. The van der Waals surface area contributed by atoms with E-state index in [-0.39, 0.29) is 10.8 Å². The summed E-state index contributed by atoms with van der Waals surface area (Å²) in [6.07, 6.45) is 8.43. The lowest BCUT2D eigenvalue weighted by Gasteiger charge is -2.59. The Balaban J connectivity index is 1.72. The molecule has 0 saturated heterocycles. The van der Waals surface area contributed by atoms with Gasteiger partial charge < -0.3 is 5.11 Å². The number of hydrogen-bond donors (Lipinski definition) is 1. The van der Waals surface area contributed by atoms with Gasteiger partial charge in [0.1, 0.15) is 4.51 Å². The number of carbonyl (C=O) groups is 1. The molecule has 0 amide bonds. The Kier molecular flexibility index (Phi) is 3.51. The molecule has 0 aromatic rings. The molecule has 4 aliphatic carbocycles. The number of Topliss-reactive ketones (excluding diaryl/α,β-unsaturated/α-hetero) is 1. The fourth-order valence-electron chi connectivity index (χ4n) is 6.94. The van der Waals surface area contributed by atoms with Crippen molar-refractivity contribution in [3.63, 3.8) is 0 Å². The van der Waals surface area contributed by atoms with Crippen LogP contribution in [0.25, 0.3) is 0 Å². The number of carbonyl (C=O) groups excluding carboxylic acids is 1. The molecule has 4 aliphatic rings. The number of halogens is 1. The van der Waals surface area contributed by atoms with Crippen LogP contribution in [0.1, 0.15) is 72.1 Å². The van der Waals surface area contributed by atoms with E-state index in [0.29, 0.717) is 17.6 Å². The van der Waals surface area contributed by atoms with E-state index in [4.69, 9.17) is 0 Å². The maximum atomic E-state index is 12.2. The molecule has 23 heavy (non-hydrogen) atoms. The van der Waals surface area contributed by atoms with Gasteiger partial charge in [-0.1, -0.05) is 35.4 Å². The highest BCUT2D eigenvalue weighted by molar-refractivity contribution is 9.10. The van der Waals surface area contributed by atoms with Crippen LogP contribution < -0.4 is 0 Å². The molecular weight excluding hydrogens is 352 g/mol. The highest BCUT2D eigenvalue weighted by Gasteiger charge is 2.63. The second kappa shape index (κ2) is 4.94. The van der Waals surface area contributed by atoms with Gasteiger partial charge in [-0.25, -0.2) is 0 Å². The molecule has 3 fully saturated rings. The van der Waals surface area contributed by atoms with E-state index in [0.717, 1.165) is 50.0 Å². The van der Waals surface area contributed by atoms with Crippen LogP contribution in [0.4, 0.5) is 0 Å². The van der Waals surface area contributed by atoms with Gasteiger partial charge in [0, 0.05) is 11.8 Å². The van der Waals surface area contributed by atoms with E-state index < -0.39 is 4.51 Å². The summed E-state index contributed by atoms with van der Waals surface area (Å²) in [7, 11) is 0. The first-order valence-corrected chi connectivity index (χ1v) is 10.1. The molecule has 0 aliphatic heterocycles. The third-order valence-corrected chi connectivity index (χ3v) is 9.77. The molecule has 0 heterocycles. The molecule has 6 atom stereocenters. The van der Waals surface area contributed by atoms with Crippen LogP contribution >= 0.6 is 15.9 Å². The first kappa shape index (κ1) is 16.3. The Bertz CT molecular complexity index is 592. The Hall–Kier alpha value is -0.150. The summed E-state index contributed by atoms with van der Waals surface area (Å²) in [5, 5.41) is 10.9. The van der Waals surface area contributed by atoms with Crippen molar-refractivity contribution in [2.75, 3.05) is 0 Å². The summed E-state index contributed by atoms with van der Waals surface area (Å²) in [6, 6.07) is 0. The zero-order valence-corrected chi connectivity index (χ0v) is 16.2. The topological polar surface area (TPSA) is 37.3 Å². The van der Waals surface area contributed by atoms with Gasteiger partial charge in [-0.3, -0.25) is 4.79 Å². The average Bonchev–Trinajstić information content (AvgIpc) is 2.74. The van der Waals surface area contributed by atoms with Crippen LogP contribution in [0.15, 0.2) is 11.1 Å². The largest absolute Gasteiger partial charge is 0.378 e. The van der Waals surface area contributed by atoms with Crippen LogP contribution in [0, 0.1) is 28.6 Å². The van der Waals surface area contributed by atoms with Crippen LogP contribution in [0.3, 0.4) is 0 Å². The molecule has 0 aromatic heterocycles. The lowest BCUT2D eigenvalue weighted by atomic mass is 9.47. The van der Waals surface area contributed by atoms with Gasteiger partial charge in [0.15, 0.2) is 5.78 Å². The van der Waals surface area contributed by atoms with Crippen molar-refractivity contribution >= 4 is 21.7 Å². The third kappa shape index (κ3) is 1.99. The van der Waals surface area contributed by atoms with Crippen LogP contribution in [0.5, 0.6) is 0 Å². The fraction of sp³-hybridized carbons (Fsp3) is 0.850. The SMILES string of the molecule is CC1=C2CC[C@@H]3[C@@H](CC[C@@]4(C)[C@H]3CCC4(O)Br)[C@@]2(C)CCC1=O. The summed E-state index contributed by atoms with van der Waals surface area (Å²) < 4.78 is -0.675. The van der Waals surface area contributed by atoms with Gasteiger partial charge in [0.25, 0.3) is 0 Å². The zero-order chi connectivity index (χ0) is 16.6. The second-order valence-corrected chi connectivity index (χ2v) is 10.4. The summed E-state index contributed by atoms with van der Waals surface area (Å²) in [5.74, 6) is 2.43. The number of ketones is 1. The van der Waals surface area contributed by atoms with Crippen molar-refractivity contribution in [3.8, 4) is 0 Å². The third-order valence-electron chi connectivity index (χ3n) is 8.47. The molecule has 0 spiro atoms. The van der Waals surface area contributed by atoms with Crippen molar-refractivity contribution in [2.45, 2.75) is 76.6 Å². The van der Waals surface area contributed by atoms with E-state index in [1.54, 1.807) is 0 Å². The molecule has 2 nitrogen and oxygen atoms in total. The second-order valence-electron chi connectivity index (χ2n) is 9.11. The number of fused-ring (bicyclic) bond motifs is 5. The van der Waals surface area contributed by atoms with E-state index in [2.05, 4.69) is 36.7 Å². The van der Waals surface area contributed by atoms with Gasteiger partial charge in [0.05, 0.1) is 0 Å². The molecule has 1 unspecified atom stereocenters. The Morgan fingerprint density at radius 1 is 1.04 bits per heavy atom. The van der Waals surface area contributed by atoms with Crippen LogP contribution in [-0.2, 0) is 4.79 Å². The van der Waals surface area contributed by atoms with Crippen molar-refractivity contribution in [1.82, 2.24) is 0 Å². The van der Waals surface area contributed by atoms with Crippen LogP contribution in [-0.4, -0.2) is 15.4 Å². The van der Waals surface area contributed by atoms with E-state index in [9.17, 15) is 9.90 Å². The summed E-state index contributed by atoms with van der Waals surface area (Å²) in [4.78, 5) is 12.2. The smallest absolute Gasteiger partial charge is 0.158 e. The Morgan fingerprint density at radius 3 is 2.48 bits per heavy atom. The quantitative estimate of drug-likeness (QED) is 0.600. The van der Waals surface area contributed by atoms with Gasteiger partial charge in [-0.15, -0.1) is 0 Å². The normalized spacial score (nSPS) is 52.9. The summed E-state index contributed by atoms with van der Waals surface area (Å²) in [6.45, 7) is 6.81. The van der Waals surface area contributed by atoms with Crippen molar-refractivity contribution < 1.29 is 9.90 Å². The number of aliphatic hydroxyl groups is 1. The molecule has 0 bridgehead atoms. The molecule has 3 saturated carbocycles. The number of hydrogen-bond acceptors (Lipinski definition) is 2. The van der Waals surface area contributed by atoms with E-state index >= 15 is 0 Å². The molecule has 4 rings (SSSR count). The van der Waals surface area contributed by atoms with Crippen LogP contribution in [0.2, 0.25) is 0 Å². The van der Waals surface area contributed by atoms with Crippen molar-refractivity contribution in [3.05, 3.63) is 11.1 Å². The van der Waals surface area contributed by atoms with E-state index in [1.807, 2.05) is 0 Å². The number of rotatable bonds is 0. The Labute approximate surface area is 148 Å². The number of allylic oxidation sites excluding steroid dienone is 1. The highest BCUT2D eigenvalue weighted by Crippen LogP contribution is 2.68. The lowest BCUT2D eigenvalue weighted by molar-refractivity contribution is -0.119. The predicted molar refractivity (Wildman–Crippen MR) is 95.2 cm³/mol. The van der Waals surface area contributed by atoms with Crippen molar-refractivity contribution in [1.29, 1.82) is 0 Å². The lowest BCUT2D eigenvalue weighted by Crippen LogP contribution is -2.53. The average molecular weight is 381 g/mol. The maximum absolute atomic E-state index is 12.2. The van der Waals surface area contributed by atoms with E-state index in [1.165, 1.54) is 18.4 Å². The molecule has 0 radical (unpaired) electrons. The van der Waals surface area contributed by atoms with Gasteiger partial charge >= 0.3 is 0 Å². The standard InChI is InChI=1S/C20H29BrO2/c1-12-14-5-4-13-15(18(14,2)9-8-17(12)22)6-10-19(3)16(13)7-11-20(19,21)23/h13,15-16,23H,4-11H2,1-3H3/t13-,15-,16+,18+,19+,20?/m1/s1. The molecule has 0 aromatic carbocycles. The predicted octanol–water partition coefficient (Wildman–Crippen LogP) is 4.99. The summed E-state index contributed by atoms with van der Waals surface area (Å²) in [5.41, 5.74) is 2.81. The zero-order valence-electron chi connectivity index (χ0n) is 14.6.